The minimum Gasteiger partial charge on any atom is -0.172 e. The molecule has 0 rings (SSSR count). The maximum absolute atomic E-state index is 10.6. The summed E-state index contributed by atoms with van der Waals surface area (Å²) in [4.78, 5) is -3.56. The van der Waals surface area contributed by atoms with Crippen LogP contribution in [0, 0.1) is 0 Å². The molecule has 0 aromatic rings. The van der Waals surface area contributed by atoms with Gasteiger partial charge in [0.05, 0.1) is 0 Å². The zero-order valence-corrected chi connectivity index (χ0v) is 6.94. The van der Waals surface area contributed by atoms with Crippen LogP contribution in [0.15, 0.2) is 0 Å². The Morgan fingerprint density at radius 2 is 1.22 bits per heavy atom. The maximum atomic E-state index is 10.6. The lowest BCUT2D eigenvalue weighted by molar-refractivity contribution is 0.194. The molecule has 0 atom stereocenters. The molecule has 0 aliphatic heterocycles. The number of hydrogen-bond acceptors (Lipinski definition) is 0. The van der Waals surface area contributed by atoms with E-state index in [1.807, 2.05) is 0 Å². The first-order chi connectivity index (χ1) is 3.91. The fourth-order valence-corrected chi connectivity index (χ4v) is 0. The van der Waals surface area contributed by atoms with Crippen molar-refractivity contribution in [2.24, 2.45) is 0 Å². The fraction of sp³-hybridized carbons (Fsp3) is 1.00. The van der Waals surface area contributed by atoms with E-state index >= 15 is 0 Å². The molecule has 0 saturated carbocycles. The summed E-state index contributed by atoms with van der Waals surface area (Å²) in [6.45, 7) is 4.36. The molecule has 0 aliphatic carbocycles. The third-order valence-corrected chi connectivity index (χ3v) is 0.500. The van der Waals surface area contributed by atoms with Crippen LogP contribution in [-0.2, 0) is 0 Å². The van der Waals surface area contributed by atoms with Crippen LogP contribution in [0.2, 0.25) is 0 Å². The maximum Gasteiger partial charge on any atom is 0.401 e. The van der Waals surface area contributed by atoms with E-state index in [1.54, 1.807) is 0 Å². The zero-order valence-electron chi connectivity index (χ0n) is 5.43. The van der Waals surface area contributed by atoms with Gasteiger partial charge in [0.15, 0.2) is 0 Å². The Labute approximate surface area is 64.1 Å². The number of unbranched alkanes of at least 4 members (excludes halogenated alkanes) is 1. The van der Waals surface area contributed by atoms with E-state index < -0.39 is 4.84 Å². The third-order valence-electron chi connectivity index (χ3n) is 0.500. The molecule has 0 spiro atoms. The summed E-state index contributed by atoms with van der Waals surface area (Å²) in [5, 5.41) is 0. The minimum absolute atomic E-state index is 1.32. The van der Waals surface area contributed by atoms with Crippen LogP contribution in [-0.4, -0.2) is 4.84 Å². The summed E-state index contributed by atoms with van der Waals surface area (Å²) in [5.74, 6) is 0. The predicted molar refractivity (Wildman–Crippen MR) is 37.2 cm³/mol. The number of hydrogen-bond donors (Lipinski definition) is 0. The highest BCUT2D eigenvalue weighted by atomic mass is 35.5. The van der Waals surface area contributed by atoms with Gasteiger partial charge in [-0.3, -0.25) is 0 Å². The molecule has 0 heterocycles. The Bertz CT molecular complexity index is 43.4. The lowest BCUT2D eigenvalue weighted by Crippen LogP contribution is -1.86. The Morgan fingerprint density at radius 1 is 1.11 bits per heavy atom. The van der Waals surface area contributed by atoms with Crippen molar-refractivity contribution in [2.75, 3.05) is 0 Å². The summed E-state index contributed by atoms with van der Waals surface area (Å²) in [6, 6.07) is 0. The smallest absolute Gasteiger partial charge is 0.172 e. The number of rotatable bonds is 1. The molecule has 4 heteroatoms. The molecule has 58 valence electrons. The largest absolute Gasteiger partial charge is 0.401 e. The van der Waals surface area contributed by atoms with Crippen LogP contribution < -0.4 is 0 Å². The zero-order chi connectivity index (χ0) is 7.91. The second kappa shape index (κ2) is 6.56. The van der Waals surface area contributed by atoms with Crippen molar-refractivity contribution in [2.45, 2.75) is 31.5 Å². The van der Waals surface area contributed by atoms with Gasteiger partial charge in [0.2, 0.25) is 0 Å². The van der Waals surface area contributed by atoms with Crippen LogP contribution in [0.1, 0.15) is 26.7 Å². The molecule has 9 heavy (non-hydrogen) atoms. The van der Waals surface area contributed by atoms with E-state index in [-0.39, 0.29) is 0 Å². The van der Waals surface area contributed by atoms with Gasteiger partial charge in [-0.15, -0.1) is 0 Å². The Balaban J connectivity index is 0. The van der Waals surface area contributed by atoms with Crippen molar-refractivity contribution in [3.05, 3.63) is 0 Å². The van der Waals surface area contributed by atoms with Gasteiger partial charge in [-0.1, -0.05) is 26.7 Å². The van der Waals surface area contributed by atoms with Gasteiger partial charge >= 0.3 is 4.84 Å². The van der Waals surface area contributed by atoms with Crippen LogP contribution in [0.5, 0.6) is 0 Å². The van der Waals surface area contributed by atoms with Gasteiger partial charge in [0.1, 0.15) is 0 Å². The third kappa shape index (κ3) is 169. The molecule has 0 aromatic heterocycles. The van der Waals surface area contributed by atoms with Crippen LogP contribution in [0.4, 0.5) is 8.78 Å². The van der Waals surface area contributed by atoms with Crippen molar-refractivity contribution in [1.29, 1.82) is 0 Å². The normalized spacial score (nSPS) is 10.0. The number of alkyl halides is 4. The van der Waals surface area contributed by atoms with Crippen LogP contribution in [0.3, 0.4) is 0 Å². The predicted octanol–water partition coefficient (Wildman–Crippen LogP) is 3.82. The van der Waals surface area contributed by atoms with Crippen molar-refractivity contribution < 1.29 is 8.78 Å². The SMILES string of the molecule is CCCC.FC(F)(Cl)Cl. The second-order valence-corrected chi connectivity index (χ2v) is 2.57. The second-order valence-electron chi connectivity index (χ2n) is 1.43. The molecule has 0 bridgehead atoms. The highest BCUT2D eigenvalue weighted by molar-refractivity contribution is 6.45. The van der Waals surface area contributed by atoms with Crippen LogP contribution >= 0.6 is 23.2 Å². The molecule has 0 saturated heterocycles. The average Bonchev–Trinajstić information content (AvgIpc) is 1.61. The van der Waals surface area contributed by atoms with Gasteiger partial charge in [-0.05, 0) is 23.2 Å². The fourth-order valence-electron chi connectivity index (χ4n) is 0. The van der Waals surface area contributed by atoms with E-state index in [0.717, 1.165) is 0 Å². The van der Waals surface area contributed by atoms with Crippen molar-refractivity contribution in [3.8, 4) is 0 Å². The standard InChI is InChI=1S/C4H10.CCl2F2/c1-3-4-2;2-1(3,4)5/h3-4H2,1-2H3;. The Morgan fingerprint density at radius 3 is 1.22 bits per heavy atom. The highest BCUT2D eigenvalue weighted by Gasteiger charge is 2.17. The number of halogens is 4. The first kappa shape index (κ1) is 12.1. The first-order valence-electron chi connectivity index (χ1n) is 2.67. The topological polar surface area (TPSA) is 0 Å². The summed E-state index contributed by atoms with van der Waals surface area (Å²) in [7, 11) is 0. The molecule has 0 N–H and O–H groups in total. The molecular weight excluding hydrogens is 169 g/mol. The van der Waals surface area contributed by atoms with Gasteiger partial charge in [0.25, 0.3) is 0 Å². The Hall–Kier alpha value is 0.440. The van der Waals surface area contributed by atoms with Crippen molar-refractivity contribution in [1.82, 2.24) is 0 Å². The van der Waals surface area contributed by atoms with Gasteiger partial charge in [-0.25, -0.2) is 0 Å². The quantitative estimate of drug-likeness (QED) is 0.536. The summed E-state index contributed by atoms with van der Waals surface area (Å²) in [5.41, 5.74) is 0. The minimum atomic E-state index is -3.56. The van der Waals surface area contributed by atoms with Crippen molar-refractivity contribution >= 4 is 23.2 Å². The van der Waals surface area contributed by atoms with Gasteiger partial charge in [-0.2, -0.15) is 8.78 Å². The molecule has 0 amide bonds. The van der Waals surface area contributed by atoms with Gasteiger partial charge < -0.3 is 0 Å². The lowest BCUT2D eigenvalue weighted by atomic mass is 10.4. The van der Waals surface area contributed by atoms with E-state index in [9.17, 15) is 8.78 Å². The molecule has 0 radical (unpaired) electrons. The molecule has 0 aromatic carbocycles. The van der Waals surface area contributed by atoms with Crippen molar-refractivity contribution in [3.63, 3.8) is 0 Å². The average molecular weight is 179 g/mol. The van der Waals surface area contributed by atoms with E-state index in [1.165, 1.54) is 12.8 Å². The molecule has 0 aliphatic rings. The monoisotopic (exact) mass is 178 g/mol. The van der Waals surface area contributed by atoms with Gasteiger partial charge in [0, 0.05) is 0 Å². The molecular formula is C5H10Cl2F2. The molecule has 0 nitrogen and oxygen atoms in total. The van der Waals surface area contributed by atoms with E-state index in [4.69, 9.17) is 0 Å². The summed E-state index contributed by atoms with van der Waals surface area (Å²) < 4.78 is 21.1. The Kier molecular flexibility index (Phi) is 8.85. The summed E-state index contributed by atoms with van der Waals surface area (Å²) >= 11 is 7.92. The van der Waals surface area contributed by atoms with E-state index in [2.05, 4.69) is 37.0 Å². The summed E-state index contributed by atoms with van der Waals surface area (Å²) in [6.07, 6.45) is 2.64. The van der Waals surface area contributed by atoms with Crippen LogP contribution in [0.25, 0.3) is 0 Å². The molecule has 0 fully saturated rings. The first-order valence-corrected chi connectivity index (χ1v) is 3.43. The lowest BCUT2D eigenvalue weighted by Gasteiger charge is -1.87. The van der Waals surface area contributed by atoms with E-state index in [0.29, 0.717) is 0 Å². The highest BCUT2D eigenvalue weighted by Crippen LogP contribution is 2.22. The molecule has 0 unspecified atom stereocenters.